The standard InChI is InChI=1S/C26H30N2O2S/c1-5-13-28-22-12-11-20(14-21(22)18(2)16-26(28,3)4)15-23-24(29)27(25(30)31-23)17-19-9-7-6-8-10-19/h6-12,14-15,18H,5,13,16-17H2,1-4H3/b23-15+. The number of rotatable bonds is 5. The molecule has 2 heterocycles. The highest BCUT2D eigenvalue weighted by Crippen LogP contribution is 2.44. The molecule has 2 aromatic rings. The monoisotopic (exact) mass is 434 g/mol. The molecule has 0 N–H and O–H groups in total. The normalized spacial score (nSPS) is 21.7. The van der Waals surface area contributed by atoms with Crippen molar-refractivity contribution in [1.82, 2.24) is 4.90 Å². The minimum Gasteiger partial charge on any atom is -0.366 e. The average molecular weight is 435 g/mol. The first kappa shape index (κ1) is 21.7. The van der Waals surface area contributed by atoms with Crippen molar-refractivity contribution in [2.45, 2.75) is 58.5 Å². The smallest absolute Gasteiger partial charge is 0.293 e. The fraction of sp³-hybridized carbons (Fsp3) is 0.385. The minimum absolute atomic E-state index is 0.129. The number of benzene rings is 2. The second-order valence-electron chi connectivity index (χ2n) is 9.14. The molecule has 2 amide bonds. The largest absolute Gasteiger partial charge is 0.366 e. The summed E-state index contributed by atoms with van der Waals surface area (Å²) in [5.74, 6) is 0.234. The topological polar surface area (TPSA) is 40.6 Å². The van der Waals surface area contributed by atoms with Crippen molar-refractivity contribution in [2.75, 3.05) is 11.4 Å². The van der Waals surface area contributed by atoms with Gasteiger partial charge in [0.2, 0.25) is 0 Å². The number of thioether (sulfide) groups is 1. The van der Waals surface area contributed by atoms with Crippen LogP contribution >= 0.6 is 11.8 Å². The Morgan fingerprint density at radius 3 is 2.58 bits per heavy atom. The maximum atomic E-state index is 12.9. The van der Waals surface area contributed by atoms with Crippen molar-refractivity contribution in [1.29, 1.82) is 0 Å². The molecule has 2 aliphatic rings. The highest BCUT2D eigenvalue weighted by molar-refractivity contribution is 8.18. The molecule has 5 heteroatoms. The lowest BCUT2D eigenvalue weighted by molar-refractivity contribution is -0.123. The third kappa shape index (κ3) is 4.29. The van der Waals surface area contributed by atoms with Gasteiger partial charge in [-0.2, -0.15) is 0 Å². The zero-order chi connectivity index (χ0) is 22.2. The highest BCUT2D eigenvalue weighted by atomic mass is 32.2. The van der Waals surface area contributed by atoms with Gasteiger partial charge in [0.05, 0.1) is 11.4 Å². The summed E-state index contributed by atoms with van der Waals surface area (Å²) in [6, 6.07) is 16.1. The van der Waals surface area contributed by atoms with E-state index in [2.05, 4.69) is 50.8 Å². The van der Waals surface area contributed by atoms with Gasteiger partial charge >= 0.3 is 0 Å². The number of imide groups is 1. The van der Waals surface area contributed by atoms with E-state index in [0.29, 0.717) is 17.4 Å². The van der Waals surface area contributed by atoms with Gasteiger partial charge in [-0.15, -0.1) is 0 Å². The van der Waals surface area contributed by atoms with Crippen molar-refractivity contribution in [2.24, 2.45) is 0 Å². The zero-order valence-corrected chi connectivity index (χ0v) is 19.5. The van der Waals surface area contributed by atoms with Crippen LogP contribution in [0.25, 0.3) is 6.08 Å². The molecule has 0 aliphatic carbocycles. The van der Waals surface area contributed by atoms with E-state index in [1.807, 2.05) is 36.4 Å². The molecule has 2 aromatic carbocycles. The summed E-state index contributed by atoms with van der Waals surface area (Å²) in [7, 11) is 0. The molecule has 0 radical (unpaired) electrons. The first-order chi connectivity index (χ1) is 14.8. The number of fused-ring (bicyclic) bond motifs is 1. The molecule has 4 nitrogen and oxygen atoms in total. The first-order valence-corrected chi connectivity index (χ1v) is 11.8. The summed E-state index contributed by atoms with van der Waals surface area (Å²) in [6.07, 6.45) is 4.07. The summed E-state index contributed by atoms with van der Waals surface area (Å²) in [6.45, 7) is 10.5. The zero-order valence-electron chi connectivity index (χ0n) is 18.7. The molecule has 1 unspecified atom stereocenters. The quantitative estimate of drug-likeness (QED) is 0.509. The summed E-state index contributed by atoms with van der Waals surface area (Å²) >= 11 is 1.03. The third-order valence-electron chi connectivity index (χ3n) is 6.21. The number of nitrogens with zero attached hydrogens (tertiary/aromatic N) is 2. The lowest BCUT2D eigenvalue weighted by Crippen LogP contribution is -2.48. The molecule has 0 aromatic heterocycles. The van der Waals surface area contributed by atoms with Crippen LogP contribution in [-0.4, -0.2) is 28.1 Å². The maximum absolute atomic E-state index is 12.9. The number of carbonyl (C=O) groups is 2. The van der Waals surface area contributed by atoms with Gasteiger partial charge in [0, 0.05) is 17.8 Å². The number of anilines is 1. The summed E-state index contributed by atoms with van der Waals surface area (Å²) < 4.78 is 0. The Morgan fingerprint density at radius 2 is 1.87 bits per heavy atom. The molecular formula is C26H30N2O2S. The van der Waals surface area contributed by atoms with Gasteiger partial charge in [-0.3, -0.25) is 14.5 Å². The molecule has 0 bridgehead atoms. The molecule has 1 atom stereocenters. The van der Waals surface area contributed by atoms with E-state index in [1.165, 1.54) is 16.2 Å². The number of hydrogen-bond acceptors (Lipinski definition) is 4. The van der Waals surface area contributed by atoms with E-state index in [4.69, 9.17) is 0 Å². The van der Waals surface area contributed by atoms with Crippen LogP contribution in [-0.2, 0) is 11.3 Å². The lowest BCUT2D eigenvalue weighted by Gasteiger charge is -2.47. The van der Waals surface area contributed by atoms with Crippen LogP contribution in [0.3, 0.4) is 0 Å². The Hall–Kier alpha value is -2.53. The molecule has 4 rings (SSSR count). The van der Waals surface area contributed by atoms with Crippen LogP contribution in [0.15, 0.2) is 53.4 Å². The van der Waals surface area contributed by atoms with Crippen LogP contribution in [0.5, 0.6) is 0 Å². The molecule has 1 fully saturated rings. The van der Waals surface area contributed by atoms with Gasteiger partial charge < -0.3 is 4.90 Å². The molecule has 2 aliphatic heterocycles. The van der Waals surface area contributed by atoms with Gasteiger partial charge in [-0.25, -0.2) is 0 Å². The average Bonchev–Trinajstić information content (AvgIpc) is 2.99. The van der Waals surface area contributed by atoms with E-state index in [1.54, 1.807) is 0 Å². The van der Waals surface area contributed by atoms with Gasteiger partial charge in [-0.05, 0) is 79.3 Å². The molecule has 31 heavy (non-hydrogen) atoms. The van der Waals surface area contributed by atoms with E-state index < -0.39 is 0 Å². The summed E-state index contributed by atoms with van der Waals surface area (Å²) in [4.78, 5) is 29.7. The lowest BCUT2D eigenvalue weighted by atomic mass is 9.79. The van der Waals surface area contributed by atoms with Crippen LogP contribution in [0.1, 0.15) is 63.1 Å². The second-order valence-corrected chi connectivity index (χ2v) is 10.1. The molecule has 0 spiro atoms. The minimum atomic E-state index is -0.210. The van der Waals surface area contributed by atoms with E-state index in [-0.39, 0.29) is 16.7 Å². The van der Waals surface area contributed by atoms with Crippen molar-refractivity contribution < 1.29 is 9.59 Å². The van der Waals surface area contributed by atoms with Crippen molar-refractivity contribution >= 4 is 34.7 Å². The Balaban J connectivity index is 1.60. The van der Waals surface area contributed by atoms with Gasteiger partial charge in [0.1, 0.15) is 0 Å². The van der Waals surface area contributed by atoms with Crippen LogP contribution in [0.4, 0.5) is 10.5 Å². The SMILES string of the molecule is CCCN1c2ccc(/C=C3/SC(=O)N(Cc4ccccc4)C3=O)cc2C(C)CC1(C)C. The van der Waals surface area contributed by atoms with Gasteiger partial charge in [0.25, 0.3) is 11.1 Å². The fourth-order valence-electron chi connectivity index (χ4n) is 4.80. The Kier molecular flexibility index (Phi) is 5.98. The Morgan fingerprint density at radius 1 is 1.13 bits per heavy atom. The number of hydrogen-bond donors (Lipinski definition) is 0. The summed E-state index contributed by atoms with van der Waals surface area (Å²) in [5.41, 5.74) is 4.67. The molecule has 0 saturated carbocycles. The first-order valence-electron chi connectivity index (χ1n) is 11.0. The molecular weight excluding hydrogens is 404 g/mol. The third-order valence-corrected chi connectivity index (χ3v) is 7.12. The van der Waals surface area contributed by atoms with Crippen molar-refractivity contribution in [3.63, 3.8) is 0 Å². The Labute approximate surface area is 189 Å². The summed E-state index contributed by atoms with van der Waals surface area (Å²) in [5, 5.41) is -0.206. The number of amides is 2. The van der Waals surface area contributed by atoms with Crippen molar-refractivity contribution in [3.05, 3.63) is 70.1 Å². The van der Waals surface area contributed by atoms with Crippen LogP contribution in [0.2, 0.25) is 0 Å². The van der Waals surface area contributed by atoms with E-state index in [0.717, 1.165) is 42.3 Å². The van der Waals surface area contributed by atoms with Crippen LogP contribution < -0.4 is 4.90 Å². The predicted octanol–water partition coefficient (Wildman–Crippen LogP) is 6.43. The Bertz CT molecular complexity index is 1030. The van der Waals surface area contributed by atoms with E-state index in [9.17, 15) is 9.59 Å². The second kappa shape index (κ2) is 8.54. The molecule has 1 saturated heterocycles. The maximum Gasteiger partial charge on any atom is 0.293 e. The fourth-order valence-corrected chi connectivity index (χ4v) is 5.64. The number of carbonyl (C=O) groups excluding carboxylic acids is 2. The molecule has 162 valence electrons. The van der Waals surface area contributed by atoms with Gasteiger partial charge in [0.15, 0.2) is 0 Å². The van der Waals surface area contributed by atoms with E-state index >= 15 is 0 Å². The van der Waals surface area contributed by atoms with Crippen LogP contribution in [0, 0.1) is 0 Å². The van der Waals surface area contributed by atoms with Gasteiger partial charge in [-0.1, -0.05) is 50.2 Å². The van der Waals surface area contributed by atoms with Crippen molar-refractivity contribution in [3.8, 4) is 0 Å². The predicted molar refractivity (Wildman–Crippen MR) is 129 cm³/mol. The highest BCUT2D eigenvalue weighted by Gasteiger charge is 2.37.